The molecule has 0 radical (unpaired) electrons. The summed E-state index contributed by atoms with van der Waals surface area (Å²) in [5, 5.41) is 10.9. The third kappa shape index (κ3) is 3.78. The van der Waals surface area contributed by atoms with Crippen LogP contribution in [0.15, 0.2) is 48.5 Å². The third-order valence-electron chi connectivity index (χ3n) is 5.33. The van der Waals surface area contributed by atoms with Crippen molar-refractivity contribution in [1.82, 2.24) is 4.90 Å². The number of benzene rings is 2. The van der Waals surface area contributed by atoms with Crippen LogP contribution < -0.4 is 9.64 Å². The van der Waals surface area contributed by atoms with Crippen LogP contribution in [0.1, 0.15) is 24.8 Å². The number of non-ortho nitro benzene ring substituents is 1. The minimum absolute atomic E-state index is 0.0444. The van der Waals surface area contributed by atoms with Gasteiger partial charge in [0.05, 0.1) is 17.2 Å². The number of carbonyl (C=O) groups is 1. The largest absolute Gasteiger partial charge is 0.477 e. The fourth-order valence-electron chi connectivity index (χ4n) is 3.85. The first-order chi connectivity index (χ1) is 13.6. The van der Waals surface area contributed by atoms with Gasteiger partial charge in [-0.1, -0.05) is 24.3 Å². The summed E-state index contributed by atoms with van der Waals surface area (Å²) >= 11 is 0. The summed E-state index contributed by atoms with van der Waals surface area (Å²) in [5.74, 6) is 0.744. The van der Waals surface area contributed by atoms with Gasteiger partial charge < -0.3 is 14.5 Å². The molecular weight excluding hydrogens is 358 g/mol. The van der Waals surface area contributed by atoms with Gasteiger partial charge in [0.2, 0.25) is 0 Å². The zero-order chi connectivity index (χ0) is 19.5. The van der Waals surface area contributed by atoms with E-state index in [0.29, 0.717) is 18.8 Å². The first-order valence-electron chi connectivity index (χ1n) is 9.64. The standard InChI is InChI=1S/C21H23N3O4/c25-21(22-12-4-1-5-13-22)20-15-23(18-6-2-3-7-19(18)28-20)14-16-8-10-17(11-9-16)24(26)27/h2-3,6-11,20H,1,4-5,12-15H2/t20-/m0/s1. The molecule has 0 bridgehead atoms. The van der Waals surface area contributed by atoms with Crippen LogP contribution in [0, 0.1) is 10.1 Å². The second-order valence-corrected chi connectivity index (χ2v) is 7.26. The lowest BCUT2D eigenvalue weighted by Crippen LogP contribution is -2.51. The molecule has 0 N–H and O–H groups in total. The van der Waals surface area contributed by atoms with Crippen LogP contribution >= 0.6 is 0 Å². The molecule has 2 aromatic carbocycles. The first kappa shape index (κ1) is 18.3. The molecule has 1 saturated heterocycles. The number of carbonyl (C=O) groups excluding carboxylic acids is 1. The summed E-state index contributed by atoms with van der Waals surface area (Å²) in [6, 6.07) is 14.2. The molecule has 7 heteroatoms. The minimum Gasteiger partial charge on any atom is -0.477 e. The number of hydrogen-bond donors (Lipinski definition) is 0. The number of piperidine rings is 1. The quantitative estimate of drug-likeness (QED) is 0.599. The van der Waals surface area contributed by atoms with Gasteiger partial charge in [-0.15, -0.1) is 0 Å². The third-order valence-corrected chi connectivity index (χ3v) is 5.33. The Kier molecular flexibility index (Phi) is 5.14. The number of nitro groups is 1. The van der Waals surface area contributed by atoms with Crippen LogP contribution in [0.3, 0.4) is 0 Å². The number of nitro benzene ring substituents is 1. The van der Waals surface area contributed by atoms with Crippen LogP contribution in [0.4, 0.5) is 11.4 Å². The van der Waals surface area contributed by atoms with E-state index in [9.17, 15) is 14.9 Å². The van der Waals surface area contributed by atoms with Gasteiger partial charge in [-0.25, -0.2) is 0 Å². The van der Waals surface area contributed by atoms with E-state index in [2.05, 4.69) is 4.90 Å². The highest BCUT2D eigenvalue weighted by Crippen LogP contribution is 2.34. The number of para-hydroxylation sites is 2. The molecule has 4 rings (SSSR count). The van der Waals surface area contributed by atoms with Crippen molar-refractivity contribution in [3.63, 3.8) is 0 Å². The second kappa shape index (κ2) is 7.88. The number of likely N-dealkylation sites (tertiary alicyclic amines) is 1. The molecule has 2 aliphatic heterocycles. The molecule has 1 amide bonds. The van der Waals surface area contributed by atoms with Crippen molar-refractivity contribution in [1.29, 1.82) is 0 Å². The van der Waals surface area contributed by atoms with Gasteiger partial charge in [0.25, 0.3) is 11.6 Å². The van der Waals surface area contributed by atoms with Gasteiger partial charge in [-0.2, -0.15) is 0 Å². The van der Waals surface area contributed by atoms with E-state index >= 15 is 0 Å². The van der Waals surface area contributed by atoms with E-state index in [1.165, 1.54) is 18.6 Å². The van der Waals surface area contributed by atoms with Crippen molar-refractivity contribution in [3.05, 3.63) is 64.2 Å². The van der Waals surface area contributed by atoms with Crippen LogP contribution in [-0.2, 0) is 11.3 Å². The van der Waals surface area contributed by atoms with E-state index < -0.39 is 11.0 Å². The van der Waals surface area contributed by atoms with Crippen LogP contribution in [0.2, 0.25) is 0 Å². The predicted octanol–water partition coefficient (Wildman–Crippen LogP) is 3.37. The highest BCUT2D eigenvalue weighted by molar-refractivity contribution is 5.83. The number of rotatable bonds is 4. The second-order valence-electron chi connectivity index (χ2n) is 7.26. The van der Waals surface area contributed by atoms with E-state index in [4.69, 9.17) is 4.74 Å². The average Bonchev–Trinajstić information content (AvgIpc) is 2.74. The number of amides is 1. The van der Waals surface area contributed by atoms with Crippen LogP contribution in [0.25, 0.3) is 0 Å². The molecule has 2 aromatic rings. The Hall–Kier alpha value is -3.09. The highest BCUT2D eigenvalue weighted by Gasteiger charge is 2.33. The van der Waals surface area contributed by atoms with E-state index in [1.807, 2.05) is 29.2 Å². The molecule has 2 aliphatic rings. The monoisotopic (exact) mass is 381 g/mol. The molecule has 1 atom stereocenters. The molecule has 28 heavy (non-hydrogen) atoms. The summed E-state index contributed by atoms with van der Waals surface area (Å²) in [4.78, 5) is 27.5. The normalized spacial score (nSPS) is 18.9. The Bertz CT molecular complexity index is 862. The summed E-state index contributed by atoms with van der Waals surface area (Å²) < 4.78 is 6.04. The van der Waals surface area contributed by atoms with Crippen LogP contribution in [-0.4, -0.2) is 41.5 Å². The van der Waals surface area contributed by atoms with Crippen molar-refractivity contribution in [3.8, 4) is 5.75 Å². The van der Waals surface area contributed by atoms with Crippen LogP contribution in [0.5, 0.6) is 5.75 Å². The molecule has 7 nitrogen and oxygen atoms in total. The molecule has 0 aromatic heterocycles. The number of ether oxygens (including phenoxy) is 1. The molecule has 0 unspecified atom stereocenters. The number of nitrogens with zero attached hydrogens (tertiary/aromatic N) is 3. The molecule has 146 valence electrons. The van der Waals surface area contributed by atoms with Crippen molar-refractivity contribution in [2.45, 2.75) is 31.9 Å². The highest BCUT2D eigenvalue weighted by atomic mass is 16.6. The summed E-state index contributed by atoms with van der Waals surface area (Å²) in [5.41, 5.74) is 1.96. The molecule has 1 fully saturated rings. The number of hydrogen-bond acceptors (Lipinski definition) is 5. The van der Waals surface area contributed by atoms with Gasteiger partial charge in [-0.3, -0.25) is 14.9 Å². The number of fused-ring (bicyclic) bond motifs is 1. The van der Waals surface area contributed by atoms with Gasteiger partial charge >= 0.3 is 0 Å². The van der Waals surface area contributed by atoms with Crippen molar-refractivity contribution < 1.29 is 14.5 Å². The molecular formula is C21H23N3O4. The zero-order valence-corrected chi connectivity index (χ0v) is 15.6. The van der Waals surface area contributed by atoms with E-state index in [0.717, 1.165) is 37.2 Å². The summed E-state index contributed by atoms with van der Waals surface area (Å²) in [6.45, 7) is 2.61. The molecule has 0 spiro atoms. The maximum Gasteiger partial charge on any atom is 0.269 e. The van der Waals surface area contributed by atoms with Gasteiger partial charge in [0, 0.05) is 31.8 Å². The lowest BCUT2D eigenvalue weighted by Gasteiger charge is -2.38. The Labute approximate surface area is 163 Å². The smallest absolute Gasteiger partial charge is 0.269 e. The minimum atomic E-state index is -0.536. The van der Waals surface area contributed by atoms with Gasteiger partial charge in [0.15, 0.2) is 6.10 Å². The fourth-order valence-corrected chi connectivity index (χ4v) is 3.85. The van der Waals surface area contributed by atoms with Gasteiger partial charge in [0.1, 0.15) is 5.75 Å². The van der Waals surface area contributed by atoms with E-state index in [-0.39, 0.29) is 11.6 Å². The van der Waals surface area contributed by atoms with E-state index in [1.54, 1.807) is 12.1 Å². The summed E-state index contributed by atoms with van der Waals surface area (Å²) in [6.07, 6.45) is 2.72. The molecule has 2 heterocycles. The van der Waals surface area contributed by atoms with Crippen molar-refractivity contribution >= 4 is 17.3 Å². The molecule has 0 aliphatic carbocycles. The number of anilines is 1. The maximum atomic E-state index is 13.0. The van der Waals surface area contributed by atoms with Crippen molar-refractivity contribution in [2.24, 2.45) is 0 Å². The van der Waals surface area contributed by atoms with Gasteiger partial charge in [-0.05, 0) is 37.0 Å². The Morgan fingerprint density at radius 3 is 2.50 bits per heavy atom. The zero-order valence-electron chi connectivity index (χ0n) is 15.6. The maximum absolute atomic E-state index is 13.0. The predicted molar refractivity (Wildman–Crippen MR) is 105 cm³/mol. The first-order valence-corrected chi connectivity index (χ1v) is 9.64. The SMILES string of the molecule is O=C([C@@H]1CN(Cc2ccc([N+](=O)[O-])cc2)c2ccccc2O1)N1CCCCC1. The lowest BCUT2D eigenvalue weighted by molar-refractivity contribution is -0.384. The Balaban J connectivity index is 1.55. The Morgan fingerprint density at radius 2 is 1.79 bits per heavy atom. The van der Waals surface area contributed by atoms with Crippen molar-refractivity contribution in [2.75, 3.05) is 24.5 Å². The average molecular weight is 381 g/mol. The summed E-state index contributed by atoms with van der Waals surface area (Å²) in [7, 11) is 0. The Morgan fingerprint density at radius 1 is 1.07 bits per heavy atom. The fraction of sp³-hybridized carbons (Fsp3) is 0.381. The lowest BCUT2D eigenvalue weighted by atomic mass is 10.1. The molecule has 0 saturated carbocycles. The topological polar surface area (TPSA) is 75.9 Å².